The summed E-state index contributed by atoms with van der Waals surface area (Å²) in [4.78, 5) is 13.3. The molecule has 1 unspecified atom stereocenters. The molecule has 23 heavy (non-hydrogen) atoms. The van der Waals surface area contributed by atoms with Crippen molar-refractivity contribution in [3.63, 3.8) is 0 Å². The summed E-state index contributed by atoms with van der Waals surface area (Å²) < 4.78 is 18.6. The van der Waals surface area contributed by atoms with Crippen LogP contribution in [0.3, 0.4) is 0 Å². The van der Waals surface area contributed by atoms with Crippen LogP contribution in [-0.2, 0) is 11.3 Å². The Hall–Kier alpha value is -2.40. The number of carbonyl (C=O) groups excluding carboxylic acids is 1. The van der Waals surface area contributed by atoms with Crippen molar-refractivity contribution in [1.29, 1.82) is 0 Å². The number of ether oxygens (including phenoxy) is 1. The van der Waals surface area contributed by atoms with Gasteiger partial charge in [-0.05, 0) is 37.3 Å². The molecular formula is C18H22FN2O2+. The van der Waals surface area contributed by atoms with Gasteiger partial charge in [0.05, 0.1) is 14.2 Å². The van der Waals surface area contributed by atoms with Crippen molar-refractivity contribution >= 4 is 11.6 Å². The fourth-order valence-corrected chi connectivity index (χ4v) is 2.29. The highest BCUT2D eigenvalue weighted by molar-refractivity contribution is 5.93. The number of nitrogens with one attached hydrogen (secondary N) is 2. The number of carbonyl (C=O) groups is 1. The summed E-state index contributed by atoms with van der Waals surface area (Å²) in [7, 11) is 3.35. The topological polar surface area (TPSA) is 42.8 Å². The molecule has 2 aromatic rings. The number of methoxy groups -OCH3 is 1. The molecule has 0 aliphatic carbocycles. The summed E-state index contributed by atoms with van der Waals surface area (Å²) >= 11 is 0. The lowest BCUT2D eigenvalue weighted by Gasteiger charge is -2.21. The van der Waals surface area contributed by atoms with Crippen molar-refractivity contribution in [1.82, 2.24) is 0 Å². The lowest BCUT2D eigenvalue weighted by Crippen LogP contribution is -3.12. The number of likely N-dealkylation sites (N-methyl/N-ethyl adjacent to an activating group) is 1. The first-order chi connectivity index (χ1) is 11.0. The second kappa shape index (κ2) is 7.74. The van der Waals surface area contributed by atoms with Crippen LogP contribution >= 0.6 is 0 Å². The third-order valence-corrected chi connectivity index (χ3v) is 3.87. The first-order valence-electron chi connectivity index (χ1n) is 7.52. The predicted octanol–water partition coefficient (Wildman–Crippen LogP) is 1.88. The summed E-state index contributed by atoms with van der Waals surface area (Å²) in [5.74, 6) is -0.233. The van der Waals surface area contributed by atoms with E-state index in [0.717, 1.165) is 16.2 Å². The third kappa shape index (κ3) is 4.53. The summed E-state index contributed by atoms with van der Waals surface area (Å²) in [6.45, 7) is 2.40. The van der Waals surface area contributed by atoms with Crippen molar-refractivity contribution < 1.29 is 18.8 Å². The van der Waals surface area contributed by atoms with Crippen LogP contribution in [0.2, 0.25) is 0 Å². The quantitative estimate of drug-likeness (QED) is 0.854. The summed E-state index contributed by atoms with van der Waals surface area (Å²) in [5, 5.41) is 2.88. The number of amides is 1. The fourth-order valence-electron chi connectivity index (χ4n) is 2.29. The molecule has 5 heteroatoms. The number of para-hydroxylation sites is 1. The average molecular weight is 317 g/mol. The molecule has 0 aliphatic heterocycles. The lowest BCUT2D eigenvalue weighted by molar-refractivity contribution is -0.907. The van der Waals surface area contributed by atoms with Crippen LogP contribution in [0.25, 0.3) is 0 Å². The van der Waals surface area contributed by atoms with Crippen LogP contribution in [0, 0.1) is 5.82 Å². The summed E-state index contributed by atoms with van der Waals surface area (Å²) in [6, 6.07) is 13.9. The van der Waals surface area contributed by atoms with E-state index >= 15 is 0 Å². The van der Waals surface area contributed by atoms with Gasteiger partial charge in [-0.1, -0.05) is 18.2 Å². The minimum absolute atomic E-state index is 0.0670. The molecule has 0 heterocycles. The zero-order valence-corrected chi connectivity index (χ0v) is 13.6. The Balaban J connectivity index is 1.97. The molecule has 0 fully saturated rings. The Morgan fingerprint density at radius 3 is 2.57 bits per heavy atom. The number of anilines is 1. The van der Waals surface area contributed by atoms with Gasteiger partial charge in [0.2, 0.25) is 0 Å². The number of hydrogen-bond donors (Lipinski definition) is 2. The van der Waals surface area contributed by atoms with Crippen LogP contribution in [0.4, 0.5) is 10.1 Å². The number of rotatable bonds is 6. The highest BCUT2D eigenvalue weighted by Crippen LogP contribution is 2.17. The van der Waals surface area contributed by atoms with Crippen molar-refractivity contribution in [3.8, 4) is 5.75 Å². The predicted molar refractivity (Wildman–Crippen MR) is 88.1 cm³/mol. The van der Waals surface area contributed by atoms with Crippen LogP contribution in [0.5, 0.6) is 5.75 Å². The van der Waals surface area contributed by atoms with E-state index in [2.05, 4.69) is 5.32 Å². The summed E-state index contributed by atoms with van der Waals surface area (Å²) in [6.07, 6.45) is 0. The molecule has 122 valence electrons. The number of halogens is 1. The van der Waals surface area contributed by atoms with Crippen molar-refractivity contribution in [3.05, 3.63) is 59.9 Å². The molecule has 0 saturated heterocycles. The fraction of sp³-hybridized carbons (Fsp3) is 0.278. The van der Waals surface area contributed by atoms with Crippen LogP contribution in [0.1, 0.15) is 12.5 Å². The van der Waals surface area contributed by atoms with Gasteiger partial charge < -0.3 is 15.0 Å². The van der Waals surface area contributed by atoms with Gasteiger partial charge in [-0.2, -0.15) is 0 Å². The molecule has 2 atom stereocenters. The van der Waals surface area contributed by atoms with E-state index in [1.165, 1.54) is 13.2 Å². The molecule has 1 amide bonds. The molecule has 4 nitrogen and oxygen atoms in total. The second-order valence-electron chi connectivity index (χ2n) is 5.57. The number of hydrogen-bond acceptors (Lipinski definition) is 2. The van der Waals surface area contributed by atoms with Gasteiger partial charge in [0, 0.05) is 11.3 Å². The normalized spacial score (nSPS) is 13.2. The van der Waals surface area contributed by atoms with E-state index in [1.807, 2.05) is 50.4 Å². The third-order valence-electron chi connectivity index (χ3n) is 3.87. The molecule has 2 aromatic carbocycles. The first kappa shape index (κ1) is 17.0. The molecule has 0 spiro atoms. The van der Waals surface area contributed by atoms with Gasteiger partial charge >= 0.3 is 0 Å². The van der Waals surface area contributed by atoms with E-state index in [0.29, 0.717) is 6.54 Å². The van der Waals surface area contributed by atoms with Crippen molar-refractivity contribution in [2.75, 3.05) is 19.5 Å². The molecular weight excluding hydrogens is 295 g/mol. The number of quaternary nitrogens is 1. The maximum atomic E-state index is 13.7. The number of benzene rings is 2. The molecule has 2 rings (SSSR count). The Bertz CT molecular complexity index is 661. The van der Waals surface area contributed by atoms with E-state index in [1.54, 1.807) is 6.07 Å². The Morgan fingerprint density at radius 1 is 1.26 bits per heavy atom. The summed E-state index contributed by atoms with van der Waals surface area (Å²) in [5.41, 5.74) is 1.59. The average Bonchev–Trinajstić information content (AvgIpc) is 2.55. The van der Waals surface area contributed by atoms with Gasteiger partial charge in [-0.25, -0.2) is 4.39 Å². The van der Waals surface area contributed by atoms with E-state index in [-0.39, 0.29) is 23.5 Å². The molecule has 0 radical (unpaired) electrons. The largest absolute Gasteiger partial charge is 0.494 e. The lowest BCUT2D eigenvalue weighted by atomic mass is 10.1. The van der Waals surface area contributed by atoms with Crippen LogP contribution in [0.15, 0.2) is 48.5 Å². The molecule has 0 aromatic heterocycles. The van der Waals surface area contributed by atoms with E-state index in [4.69, 9.17) is 4.74 Å². The zero-order valence-electron chi connectivity index (χ0n) is 13.6. The van der Waals surface area contributed by atoms with Gasteiger partial charge in [-0.3, -0.25) is 4.79 Å². The van der Waals surface area contributed by atoms with Crippen molar-refractivity contribution in [2.45, 2.75) is 19.5 Å². The first-order valence-corrected chi connectivity index (χ1v) is 7.52. The van der Waals surface area contributed by atoms with Gasteiger partial charge in [-0.15, -0.1) is 0 Å². The standard InChI is InChI=1S/C18H21FN2O2/c1-13(18(22)20-15-7-5-4-6-8-15)21(2)12-14-9-10-17(23-3)16(19)11-14/h4-11,13H,12H2,1-3H3,(H,20,22)/p+1/t13-/m0/s1. The molecule has 2 N–H and O–H groups in total. The SMILES string of the molecule is COc1ccc(C[NH+](C)[C@@H](C)C(=O)Nc2ccccc2)cc1F. The molecule has 0 bridgehead atoms. The second-order valence-corrected chi connectivity index (χ2v) is 5.57. The van der Waals surface area contributed by atoms with Crippen LogP contribution < -0.4 is 15.0 Å². The molecule has 0 saturated carbocycles. The Labute approximate surface area is 135 Å². The molecule has 0 aliphatic rings. The minimum atomic E-state index is -0.390. The highest BCUT2D eigenvalue weighted by atomic mass is 19.1. The van der Waals surface area contributed by atoms with E-state index < -0.39 is 0 Å². The van der Waals surface area contributed by atoms with Crippen molar-refractivity contribution in [2.24, 2.45) is 0 Å². The monoisotopic (exact) mass is 317 g/mol. The van der Waals surface area contributed by atoms with Gasteiger partial charge in [0.25, 0.3) is 5.91 Å². The highest BCUT2D eigenvalue weighted by Gasteiger charge is 2.22. The van der Waals surface area contributed by atoms with Crippen LogP contribution in [-0.4, -0.2) is 26.1 Å². The van der Waals surface area contributed by atoms with E-state index in [9.17, 15) is 9.18 Å². The van der Waals surface area contributed by atoms with Gasteiger partial charge in [0.1, 0.15) is 6.54 Å². The Kier molecular flexibility index (Phi) is 5.71. The minimum Gasteiger partial charge on any atom is -0.494 e. The van der Waals surface area contributed by atoms with Gasteiger partial charge in [0.15, 0.2) is 17.6 Å². The Morgan fingerprint density at radius 2 is 1.96 bits per heavy atom. The maximum absolute atomic E-state index is 13.7. The maximum Gasteiger partial charge on any atom is 0.282 e. The zero-order chi connectivity index (χ0) is 16.8. The smallest absolute Gasteiger partial charge is 0.282 e.